The largest absolute Gasteiger partial charge is 0.444 e. The Kier molecular flexibility index (Phi) is 16.3. The molecular weight excluding hydrogens is 386 g/mol. The molecule has 7 nitrogen and oxygen atoms in total. The van der Waals surface area contributed by atoms with Crippen LogP contribution in [-0.4, -0.2) is 78.5 Å². The van der Waals surface area contributed by atoms with E-state index in [1.54, 1.807) is 26.0 Å². The number of hydrogen-bond acceptors (Lipinski definition) is 6. The third-order valence-corrected chi connectivity index (χ3v) is 4.86. The van der Waals surface area contributed by atoms with Gasteiger partial charge < -0.3 is 29.3 Å². The summed E-state index contributed by atoms with van der Waals surface area (Å²) in [6, 6.07) is 0. The zero-order chi connectivity index (χ0) is 23.2. The third-order valence-electron chi connectivity index (χ3n) is 4.86. The van der Waals surface area contributed by atoms with Crippen LogP contribution < -0.4 is 0 Å². The molecule has 1 aliphatic heterocycles. The number of likely N-dealkylation sites (tertiary alicyclic amines) is 1. The Morgan fingerprint density at radius 3 is 2.03 bits per heavy atom. The zero-order valence-corrected chi connectivity index (χ0v) is 19.4. The highest BCUT2D eigenvalue weighted by Gasteiger charge is 2.29. The van der Waals surface area contributed by atoms with Crippen LogP contribution in [0.15, 0.2) is 0 Å². The molecule has 0 aromatic rings. The molecular formula is C23H49NO6. The van der Waals surface area contributed by atoms with Crippen molar-refractivity contribution >= 4 is 6.09 Å². The van der Waals surface area contributed by atoms with Crippen LogP contribution in [0.5, 0.6) is 0 Å². The third kappa shape index (κ3) is 14.2. The number of aliphatic hydroxyl groups is 2. The molecule has 0 aromatic heterocycles. The van der Waals surface area contributed by atoms with Gasteiger partial charge >= 0.3 is 6.09 Å². The average Bonchev–Trinajstić information content (AvgIpc) is 2.98. The Labute approximate surface area is 186 Å². The molecule has 30 heavy (non-hydrogen) atoms. The maximum absolute atomic E-state index is 11.9. The lowest BCUT2D eigenvalue weighted by molar-refractivity contribution is 0.00978. The summed E-state index contributed by atoms with van der Waals surface area (Å²) in [5.41, 5.74) is -0.495. The number of amides is 1. The minimum Gasteiger partial charge on any atom is -0.444 e. The van der Waals surface area contributed by atoms with Gasteiger partial charge in [0.05, 0.1) is 31.0 Å². The predicted octanol–water partition coefficient (Wildman–Crippen LogP) is 4.38. The Morgan fingerprint density at radius 1 is 1.00 bits per heavy atom. The number of rotatable bonds is 2. The van der Waals surface area contributed by atoms with Crippen LogP contribution in [0, 0.1) is 0 Å². The van der Waals surface area contributed by atoms with E-state index in [9.17, 15) is 15.0 Å². The van der Waals surface area contributed by atoms with Gasteiger partial charge in [-0.3, -0.25) is 0 Å². The van der Waals surface area contributed by atoms with E-state index in [4.69, 9.17) is 15.6 Å². The quantitative estimate of drug-likeness (QED) is 0.625. The molecule has 2 aliphatic rings. The molecule has 0 aromatic carbocycles. The van der Waals surface area contributed by atoms with E-state index in [0.717, 1.165) is 25.7 Å². The number of carbonyl (C=O) groups excluding carboxylic acids is 1. The van der Waals surface area contributed by atoms with Gasteiger partial charge in [0, 0.05) is 28.6 Å². The van der Waals surface area contributed by atoms with Crippen molar-refractivity contribution in [1.29, 1.82) is 0 Å². The summed E-state index contributed by atoms with van der Waals surface area (Å²) in [7, 11) is 3.32. The molecule has 1 amide bonds. The first kappa shape index (κ1) is 29.1. The van der Waals surface area contributed by atoms with E-state index in [1.807, 2.05) is 20.8 Å². The predicted molar refractivity (Wildman–Crippen MR) is 122 cm³/mol. The molecule has 1 saturated carbocycles. The van der Waals surface area contributed by atoms with E-state index in [-0.39, 0.29) is 25.7 Å². The van der Waals surface area contributed by atoms with E-state index >= 15 is 0 Å². The van der Waals surface area contributed by atoms with Gasteiger partial charge in [-0.15, -0.1) is 0 Å². The summed E-state index contributed by atoms with van der Waals surface area (Å²) in [6.07, 6.45) is 5.71. The summed E-state index contributed by atoms with van der Waals surface area (Å²) in [5.74, 6) is 0. The molecule has 182 valence electrons. The Balaban J connectivity index is 0. The fourth-order valence-electron chi connectivity index (χ4n) is 3.31. The topological polar surface area (TPSA) is 88.5 Å². The van der Waals surface area contributed by atoms with Gasteiger partial charge in [0.25, 0.3) is 0 Å². The van der Waals surface area contributed by atoms with E-state index < -0.39 is 11.7 Å². The van der Waals surface area contributed by atoms with Gasteiger partial charge in [-0.05, 0) is 46.5 Å². The Hall–Kier alpha value is -0.890. The van der Waals surface area contributed by atoms with Crippen LogP contribution in [0.1, 0.15) is 88.3 Å². The smallest absolute Gasteiger partial charge is 0.410 e. The van der Waals surface area contributed by atoms with Crippen LogP contribution in [-0.2, 0) is 14.2 Å². The summed E-state index contributed by atoms with van der Waals surface area (Å²) < 4.78 is 21.9. The van der Waals surface area contributed by atoms with E-state index in [0.29, 0.717) is 38.9 Å². The second kappa shape index (κ2) is 16.8. The number of ether oxygens (including phenoxy) is 3. The number of nitrogens with zero attached hydrogens (tertiary/aromatic N) is 1. The van der Waals surface area contributed by atoms with Crippen molar-refractivity contribution in [3.63, 3.8) is 0 Å². The van der Waals surface area contributed by atoms with E-state index in [2.05, 4.69) is 0 Å². The fourth-order valence-corrected chi connectivity index (χ4v) is 3.31. The number of methoxy groups -OCH3 is 2. The first-order chi connectivity index (χ1) is 14.1. The van der Waals surface area contributed by atoms with Gasteiger partial charge in [0.1, 0.15) is 5.60 Å². The summed E-state index contributed by atoms with van der Waals surface area (Å²) >= 11 is 0. The molecule has 0 bridgehead atoms. The second-order valence-corrected chi connectivity index (χ2v) is 8.49. The highest BCUT2D eigenvalue weighted by Crippen LogP contribution is 2.19. The molecule has 0 spiro atoms. The monoisotopic (exact) mass is 436 g/mol. The lowest BCUT2D eigenvalue weighted by Crippen LogP contribution is -2.40. The van der Waals surface area contributed by atoms with Crippen molar-refractivity contribution in [2.45, 2.75) is 117 Å². The molecule has 0 radical (unpaired) electrons. The molecule has 1 saturated heterocycles. The first-order valence-corrected chi connectivity index (χ1v) is 10.7. The Bertz CT molecular complexity index is 446. The number of carbonyl (C=O) groups is 1. The summed E-state index contributed by atoms with van der Waals surface area (Å²) in [6.45, 7) is 8.79. The van der Waals surface area contributed by atoms with Crippen molar-refractivity contribution in [3.05, 3.63) is 0 Å². The minimum absolute atomic E-state index is 0. The first-order valence-electron chi connectivity index (χ1n) is 11.5. The molecule has 2 fully saturated rings. The van der Waals surface area contributed by atoms with E-state index in [1.165, 1.54) is 6.42 Å². The zero-order valence-electron chi connectivity index (χ0n) is 20.4. The van der Waals surface area contributed by atoms with Gasteiger partial charge in [-0.1, -0.05) is 34.1 Å². The standard InChI is InChI=1S/C12H23NO4.C8H16O2.C2H6.CH4/c1-12(2,3)17-11(15)13-6-5-9(14)7-10(8-13)16-4;1-10-8-5-3-2-4-7(9)6-8;1-2;/h9-10,14H,5-8H2,1-4H3;7-9H,2-6H2,1H3;1-2H3;1H4/i;;1D;. The van der Waals surface area contributed by atoms with Crippen molar-refractivity contribution in [1.82, 2.24) is 4.90 Å². The van der Waals surface area contributed by atoms with Crippen LogP contribution in [0.25, 0.3) is 0 Å². The van der Waals surface area contributed by atoms with Crippen molar-refractivity contribution in [3.8, 4) is 0 Å². The maximum Gasteiger partial charge on any atom is 0.410 e. The molecule has 7 heteroatoms. The molecule has 4 unspecified atom stereocenters. The second-order valence-electron chi connectivity index (χ2n) is 8.49. The van der Waals surface area contributed by atoms with Crippen LogP contribution >= 0.6 is 0 Å². The van der Waals surface area contributed by atoms with Gasteiger partial charge in [0.2, 0.25) is 0 Å². The van der Waals surface area contributed by atoms with Gasteiger partial charge in [-0.2, -0.15) is 0 Å². The van der Waals surface area contributed by atoms with Gasteiger partial charge in [-0.25, -0.2) is 4.79 Å². The highest BCUT2D eigenvalue weighted by atomic mass is 16.6. The summed E-state index contributed by atoms with van der Waals surface area (Å²) in [4.78, 5) is 13.5. The fraction of sp³-hybridized carbons (Fsp3) is 0.957. The molecule has 2 rings (SSSR count). The maximum atomic E-state index is 11.9. The SMILES string of the molecule is C.COC1CC(O)CCN(C(=O)OC(C)(C)C)C1.COC1CCCCC(O)C1.[2H]CC. The van der Waals surface area contributed by atoms with Crippen LogP contribution in [0.3, 0.4) is 0 Å². The average molecular weight is 437 g/mol. The lowest BCUT2D eigenvalue weighted by Gasteiger charge is -2.27. The molecule has 4 atom stereocenters. The molecule has 1 aliphatic carbocycles. The van der Waals surface area contributed by atoms with Crippen molar-refractivity contribution < 1.29 is 30.6 Å². The van der Waals surface area contributed by atoms with Crippen molar-refractivity contribution in [2.24, 2.45) is 0 Å². The normalized spacial score (nSPS) is 27.5. The number of aliphatic hydroxyl groups excluding tert-OH is 2. The number of hydrogen-bond donors (Lipinski definition) is 2. The lowest BCUT2D eigenvalue weighted by atomic mass is 10.1. The molecule has 2 N–H and O–H groups in total. The minimum atomic E-state index is -0.495. The van der Waals surface area contributed by atoms with Crippen LogP contribution in [0.2, 0.25) is 0 Å². The van der Waals surface area contributed by atoms with Gasteiger partial charge in [0.15, 0.2) is 0 Å². The van der Waals surface area contributed by atoms with Crippen LogP contribution in [0.4, 0.5) is 4.79 Å². The molecule has 1 heterocycles. The van der Waals surface area contributed by atoms with Crippen molar-refractivity contribution in [2.75, 3.05) is 27.3 Å². The Morgan fingerprint density at radius 2 is 1.50 bits per heavy atom. The summed E-state index contributed by atoms with van der Waals surface area (Å²) in [5, 5.41) is 19.0. The highest BCUT2D eigenvalue weighted by molar-refractivity contribution is 5.68.